The zero-order chi connectivity index (χ0) is 14.9. The Hall–Kier alpha value is 0.0200. The lowest BCUT2D eigenvalue weighted by molar-refractivity contribution is 0.352. The Morgan fingerprint density at radius 3 is 1.80 bits per heavy atom. The van der Waals surface area contributed by atoms with Gasteiger partial charge in [-0.2, -0.15) is 0 Å². The molecule has 0 fully saturated rings. The van der Waals surface area contributed by atoms with Crippen molar-refractivity contribution in [3.05, 3.63) is 0 Å². The van der Waals surface area contributed by atoms with Crippen molar-refractivity contribution in [1.29, 1.82) is 0 Å². The quantitative estimate of drug-likeness (QED) is 0.291. The van der Waals surface area contributed by atoms with Crippen molar-refractivity contribution in [2.45, 2.75) is 25.7 Å². The largest absolute Gasteiger partial charge is 0.330 e. The summed E-state index contributed by atoms with van der Waals surface area (Å²) in [7, 11) is 0. The molecule has 0 aromatic carbocycles. The number of nitrogens with two attached hydrogens (primary N) is 1. The molecule has 0 saturated heterocycles. The molecular weight excluding hydrogens is 288 g/mol. The standard InChI is InChI=1S/C14H30N4S2/c15-5-3-8-16-6-1-2-7-17-9-4-10-18(11-13-19)12-14-20/h13-14,16-17H,1-12,15H2. The Bertz CT molecular complexity index is 217. The fourth-order valence-electron chi connectivity index (χ4n) is 1.87. The normalized spacial score (nSPS) is 10.9. The number of hydrogen-bond donors (Lipinski definition) is 3. The summed E-state index contributed by atoms with van der Waals surface area (Å²) in [6, 6.07) is 0. The van der Waals surface area contributed by atoms with Crippen LogP contribution in [0.3, 0.4) is 0 Å². The number of rotatable bonds is 16. The summed E-state index contributed by atoms with van der Waals surface area (Å²) in [4.78, 5) is 2.27. The van der Waals surface area contributed by atoms with Gasteiger partial charge in [-0.15, -0.1) is 0 Å². The number of hydrogen-bond acceptors (Lipinski definition) is 6. The average Bonchev–Trinajstić information content (AvgIpc) is 2.45. The number of nitrogens with one attached hydrogen (secondary N) is 2. The molecule has 0 aliphatic heterocycles. The van der Waals surface area contributed by atoms with Gasteiger partial charge in [0.2, 0.25) is 0 Å². The van der Waals surface area contributed by atoms with Crippen molar-refractivity contribution in [1.82, 2.24) is 15.5 Å². The molecule has 0 rings (SSSR count). The summed E-state index contributed by atoms with van der Waals surface area (Å²) in [6.45, 7) is 7.81. The van der Waals surface area contributed by atoms with Crippen LogP contribution in [0.2, 0.25) is 0 Å². The molecule has 0 heterocycles. The van der Waals surface area contributed by atoms with Gasteiger partial charge in [-0.1, -0.05) is 24.4 Å². The third-order valence-electron chi connectivity index (χ3n) is 3.01. The van der Waals surface area contributed by atoms with Crippen LogP contribution in [0, 0.1) is 0 Å². The van der Waals surface area contributed by atoms with Crippen molar-refractivity contribution < 1.29 is 0 Å². The van der Waals surface area contributed by atoms with Crippen molar-refractivity contribution in [3.63, 3.8) is 0 Å². The highest BCUT2D eigenvalue weighted by Gasteiger charge is 2.00. The van der Waals surface area contributed by atoms with E-state index in [1.165, 1.54) is 12.8 Å². The molecule has 6 heteroatoms. The zero-order valence-corrected chi connectivity index (χ0v) is 14.1. The van der Waals surface area contributed by atoms with Crippen molar-refractivity contribution in [3.8, 4) is 0 Å². The first-order chi connectivity index (χ1) is 9.85. The Morgan fingerprint density at radius 2 is 1.30 bits per heavy atom. The topological polar surface area (TPSA) is 53.3 Å². The highest BCUT2D eigenvalue weighted by atomic mass is 32.1. The third-order valence-corrected chi connectivity index (χ3v) is 3.31. The molecule has 0 aliphatic rings. The Balaban J connectivity index is 3.22. The van der Waals surface area contributed by atoms with Crippen LogP contribution in [-0.2, 0) is 0 Å². The van der Waals surface area contributed by atoms with Crippen molar-refractivity contribution >= 4 is 35.2 Å². The lowest BCUT2D eigenvalue weighted by atomic mass is 10.3. The van der Waals surface area contributed by atoms with Crippen LogP contribution in [0.15, 0.2) is 0 Å². The molecule has 0 atom stereocenters. The van der Waals surface area contributed by atoms with Crippen LogP contribution in [-0.4, -0.2) is 68.0 Å². The van der Waals surface area contributed by atoms with Gasteiger partial charge in [0.05, 0.1) is 0 Å². The first kappa shape index (κ1) is 20.0. The molecule has 0 saturated carbocycles. The molecule has 0 unspecified atom stereocenters. The first-order valence-electron chi connectivity index (χ1n) is 7.56. The average molecular weight is 319 g/mol. The van der Waals surface area contributed by atoms with E-state index in [0.29, 0.717) is 0 Å². The second-order valence-electron chi connectivity index (χ2n) is 4.80. The number of thiocarbonyl (C=S) groups is 2. The monoisotopic (exact) mass is 318 g/mol. The summed E-state index contributed by atoms with van der Waals surface area (Å²) >= 11 is 9.77. The van der Waals surface area contributed by atoms with Gasteiger partial charge >= 0.3 is 0 Å². The van der Waals surface area contributed by atoms with Crippen molar-refractivity contribution in [2.75, 3.05) is 52.4 Å². The summed E-state index contributed by atoms with van der Waals surface area (Å²) in [6.07, 6.45) is 4.65. The first-order valence-corrected chi connectivity index (χ1v) is 8.50. The summed E-state index contributed by atoms with van der Waals surface area (Å²) in [5.74, 6) is 0. The van der Waals surface area contributed by atoms with E-state index in [1.807, 2.05) is 0 Å². The van der Waals surface area contributed by atoms with Crippen LogP contribution in [0.5, 0.6) is 0 Å². The van der Waals surface area contributed by atoms with E-state index in [4.69, 9.17) is 30.2 Å². The summed E-state index contributed by atoms with van der Waals surface area (Å²) < 4.78 is 0. The predicted octanol–water partition coefficient (Wildman–Crippen LogP) is 0.986. The maximum Gasteiger partial charge on any atom is 0.0270 e. The van der Waals surface area contributed by atoms with E-state index in [1.54, 1.807) is 10.7 Å². The lowest BCUT2D eigenvalue weighted by Gasteiger charge is -2.17. The minimum absolute atomic E-state index is 0.776. The number of unbranched alkanes of at least 4 members (excludes halogenated alkanes) is 1. The Kier molecular flexibility index (Phi) is 17.1. The molecule has 0 spiro atoms. The minimum atomic E-state index is 0.776. The maximum absolute atomic E-state index is 5.43. The molecule has 0 aromatic rings. The Labute approximate surface area is 134 Å². The van der Waals surface area contributed by atoms with E-state index >= 15 is 0 Å². The molecular formula is C14H30N4S2. The van der Waals surface area contributed by atoms with Gasteiger partial charge in [0.1, 0.15) is 0 Å². The SMILES string of the molecule is NCCCNCCCCNCCCN(CC=S)CC=S. The van der Waals surface area contributed by atoms with Gasteiger partial charge < -0.3 is 16.4 Å². The molecule has 20 heavy (non-hydrogen) atoms. The third kappa shape index (κ3) is 14.4. The van der Waals surface area contributed by atoms with Crippen molar-refractivity contribution in [2.24, 2.45) is 5.73 Å². The Morgan fingerprint density at radius 1 is 0.800 bits per heavy atom. The van der Waals surface area contributed by atoms with Gasteiger partial charge in [-0.25, -0.2) is 0 Å². The van der Waals surface area contributed by atoms with Crippen LogP contribution < -0.4 is 16.4 Å². The van der Waals surface area contributed by atoms with Crippen LogP contribution in [0.4, 0.5) is 0 Å². The second kappa shape index (κ2) is 17.1. The highest BCUT2D eigenvalue weighted by molar-refractivity contribution is 7.79. The van der Waals surface area contributed by atoms with Crippen LogP contribution in [0.25, 0.3) is 0 Å². The minimum Gasteiger partial charge on any atom is -0.330 e. The fourth-order valence-corrected chi connectivity index (χ4v) is 2.29. The molecule has 0 bridgehead atoms. The smallest absolute Gasteiger partial charge is 0.0270 e. The highest BCUT2D eigenvalue weighted by Crippen LogP contribution is 1.90. The van der Waals surface area contributed by atoms with Gasteiger partial charge in [0.15, 0.2) is 0 Å². The maximum atomic E-state index is 5.43. The molecule has 0 radical (unpaired) electrons. The second-order valence-corrected chi connectivity index (χ2v) is 5.46. The van der Waals surface area contributed by atoms with Crippen LogP contribution in [0.1, 0.15) is 25.7 Å². The zero-order valence-electron chi connectivity index (χ0n) is 12.5. The van der Waals surface area contributed by atoms with Gasteiger partial charge in [0, 0.05) is 19.6 Å². The molecule has 0 aromatic heterocycles. The summed E-state index contributed by atoms with van der Waals surface area (Å²) in [5.41, 5.74) is 5.43. The van der Waals surface area contributed by atoms with E-state index in [0.717, 1.165) is 65.2 Å². The van der Waals surface area contributed by atoms with E-state index < -0.39 is 0 Å². The van der Waals surface area contributed by atoms with Gasteiger partial charge in [-0.05, 0) is 69.1 Å². The predicted molar refractivity (Wildman–Crippen MR) is 97.0 cm³/mol. The summed E-state index contributed by atoms with van der Waals surface area (Å²) in [5, 5.41) is 10.4. The van der Waals surface area contributed by atoms with E-state index in [9.17, 15) is 0 Å². The van der Waals surface area contributed by atoms with Crippen LogP contribution >= 0.6 is 24.4 Å². The fraction of sp³-hybridized carbons (Fsp3) is 0.857. The molecule has 0 aliphatic carbocycles. The van der Waals surface area contributed by atoms with E-state index in [2.05, 4.69) is 15.5 Å². The molecule has 0 amide bonds. The lowest BCUT2D eigenvalue weighted by Crippen LogP contribution is -2.30. The van der Waals surface area contributed by atoms with Gasteiger partial charge in [0.25, 0.3) is 0 Å². The molecule has 4 N–H and O–H groups in total. The van der Waals surface area contributed by atoms with E-state index in [-0.39, 0.29) is 0 Å². The number of nitrogens with zero attached hydrogens (tertiary/aromatic N) is 1. The molecule has 118 valence electrons. The van der Waals surface area contributed by atoms with Gasteiger partial charge in [-0.3, -0.25) is 4.90 Å². The molecule has 4 nitrogen and oxygen atoms in total.